The van der Waals surface area contributed by atoms with Crippen molar-refractivity contribution in [1.82, 2.24) is 4.98 Å². The zero-order chi connectivity index (χ0) is 10.8. The predicted molar refractivity (Wildman–Crippen MR) is 61.7 cm³/mol. The molecule has 1 aromatic carbocycles. The maximum Gasteiger partial charge on any atom is 0.123 e. The summed E-state index contributed by atoms with van der Waals surface area (Å²) < 4.78 is 13.8. The highest BCUT2D eigenvalue weighted by Gasteiger charge is 2.04. The van der Waals surface area contributed by atoms with Crippen molar-refractivity contribution < 1.29 is 4.39 Å². The van der Waals surface area contributed by atoms with Gasteiger partial charge in [-0.15, -0.1) is 0 Å². The number of nitrogen functional groups attached to an aromatic ring is 1. The standard InChI is InChI=1S/C11H8BrFN2/c12-10-6-15-11(14)5-9(10)7-2-1-3-8(13)4-7/h1-6H,(H2,14,15). The van der Waals surface area contributed by atoms with E-state index in [2.05, 4.69) is 20.9 Å². The smallest absolute Gasteiger partial charge is 0.123 e. The molecule has 76 valence electrons. The van der Waals surface area contributed by atoms with E-state index in [4.69, 9.17) is 5.73 Å². The van der Waals surface area contributed by atoms with Gasteiger partial charge in [0.1, 0.15) is 11.6 Å². The fourth-order valence-corrected chi connectivity index (χ4v) is 1.78. The topological polar surface area (TPSA) is 38.9 Å². The first-order valence-corrected chi connectivity index (χ1v) is 5.13. The quantitative estimate of drug-likeness (QED) is 0.861. The number of benzene rings is 1. The highest BCUT2D eigenvalue weighted by Crippen LogP contribution is 2.28. The Bertz CT molecular complexity index is 500. The third-order valence-electron chi connectivity index (χ3n) is 2.01. The third kappa shape index (κ3) is 2.15. The molecular formula is C11H8BrFN2. The molecule has 0 amide bonds. The fourth-order valence-electron chi connectivity index (χ4n) is 1.33. The Hall–Kier alpha value is -1.42. The molecule has 1 heterocycles. The molecule has 0 aliphatic rings. The van der Waals surface area contributed by atoms with Crippen LogP contribution < -0.4 is 5.73 Å². The van der Waals surface area contributed by atoms with Crippen molar-refractivity contribution in [2.24, 2.45) is 0 Å². The number of aromatic nitrogens is 1. The zero-order valence-electron chi connectivity index (χ0n) is 7.74. The van der Waals surface area contributed by atoms with Gasteiger partial charge in [-0.05, 0) is 39.7 Å². The molecule has 0 bridgehead atoms. The SMILES string of the molecule is Nc1cc(-c2cccc(F)c2)c(Br)cn1. The number of anilines is 1. The van der Waals surface area contributed by atoms with E-state index < -0.39 is 0 Å². The van der Waals surface area contributed by atoms with E-state index >= 15 is 0 Å². The highest BCUT2D eigenvalue weighted by molar-refractivity contribution is 9.10. The molecule has 0 atom stereocenters. The summed E-state index contributed by atoms with van der Waals surface area (Å²) in [6, 6.07) is 8.05. The molecule has 0 radical (unpaired) electrons. The Kier molecular flexibility index (Phi) is 2.68. The molecule has 0 saturated carbocycles. The Morgan fingerprint density at radius 2 is 2.07 bits per heavy atom. The zero-order valence-corrected chi connectivity index (χ0v) is 9.33. The van der Waals surface area contributed by atoms with Crippen molar-refractivity contribution in [3.8, 4) is 11.1 Å². The summed E-state index contributed by atoms with van der Waals surface area (Å²) in [6.07, 6.45) is 1.61. The first-order valence-electron chi connectivity index (χ1n) is 4.34. The van der Waals surface area contributed by atoms with Crippen LogP contribution in [0.5, 0.6) is 0 Å². The van der Waals surface area contributed by atoms with Crippen LogP contribution in [0.1, 0.15) is 0 Å². The molecule has 2 aromatic rings. The Labute approximate surface area is 95.1 Å². The maximum atomic E-state index is 13.0. The van der Waals surface area contributed by atoms with Gasteiger partial charge in [0, 0.05) is 16.2 Å². The molecule has 2 nitrogen and oxygen atoms in total. The van der Waals surface area contributed by atoms with Crippen LogP contribution in [0.3, 0.4) is 0 Å². The number of rotatable bonds is 1. The molecule has 1 aromatic heterocycles. The largest absolute Gasteiger partial charge is 0.384 e. The van der Waals surface area contributed by atoms with E-state index in [1.807, 2.05) is 6.07 Å². The normalized spacial score (nSPS) is 10.3. The van der Waals surface area contributed by atoms with Crippen molar-refractivity contribution >= 4 is 21.7 Å². The highest BCUT2D eigenvalue weighted by atomic mass is 79.9. The number of nitrogens with zero attached hydrogens (tertiary/aromatic N) is 1. The molecule has 15 heavy (non-hydrogen) atoms. The molecule has 4 heteroatoms. The van der Waals surface area contributed by atoms with E-state index in [1.165, 1.54) is 12.1 Å². The summed E-state index contributed by atoms with van der Waals surface area (Å²) in [5.41, 5.74) is 7.19. The Morgan fingerprint density at radius 1 is 1.27 bits per heavy atom. The number of pyridine rings is 1. The molecule has 2 N–H and O–H groups in total. The Morgan fingerprint density at radius 3 is 2.80 bits per heavy atom. The summed E-state index contributed by atoms with van der Waals surface area (Å²) in [4.78, 5) is 3.92. The van der Waals surface area contributed by atoms with Crippen LogP contribution in [0.15, 0.2) is 41.0 Å². The molecule has 0 saturated heterocycles. The average molecular weight is 267 g/mol. The van der Waals surface area contributed by atoms with Gasteiger partial charge in [-0.3, -0.25) is 0 Å². The molecule has 0 unspecified atom stereocenters. The van der Waals surface area contributed by atoms with Gasteiger partial charge in [-0.1, -0.05) is 12.1 Å². The summed E-state index contributed by atoms with van der Waals surface area (Å²) >= 11 is 3.35. The first kappa shape index (κ1) is 10.1. The lowest BCUT2D eigenvalue weighted by Gasteiger charge is -2.05. The van der Waals surface area contributed by atoms with Gasteiger partial charge >= 0.3 is 0 Å². The van der Waals surface area contributed by atoms with E-state index in [0.717, 1.165) is 15.6 Å². The second-order valence-electron chi connectivity index (χ2n) is 3.10. The molecule has 0 aliphatic carbocycles. The van der Waals surface area contributed by atoms with E-state index in [1.54, 1.807) is 18.3 Å². The maximum absolute atomic E-state index is 13.0. The Balaban J connectivity index is 2.58. The van der Waals surface area contributed by atoms with Crippen LogP contribution in [0.25, 0.3) is 11.1 Å². The van der Waals surface area contributed by atoms with Crippen LogP contribution in [-0.2, 0) is 0 Å². The van der Waals surface area contributed by atoms with Crippen molar-refractivity contribution in [3.63, 3.8) is 0 Å². The van der Waals surface area contributed by atoms with Crippen molar-refractivity contribution in [2.45, 2.75) is 0 Å². The van der Waals surface area contributed by atoms with Crippen LogP contribution >= 0.6 is 15.9 Å². The van der Waals surface area contributed by atoms with Crippen LogP contribution in [0.2, 0.25) is 0 Å². The van der Waals surface area contributed by atoms with Crippen molar-refractivity contribution in [1.29, 1.82) is 0 Å². The second kappa shape index (κ2) is 3.98. The second-order valence-corrected chi connectivity index (χ2v) is 3.95. The molecule has 2 rings (SSSR count). The minimum atomic E-state index is -0.269. The minimum Gasteiger partial charge on any atom is -0.384 e. The lowest BCUT2D eigenvalue weighted by Crippen LogP contribution is -1.91. The third-order valence-corrected chi connectivity index (χ3v) is 2.64. The summed E-state index contributed by atoms with van der Waals surface area (Å²) in [5.74, 6) is 0.146. The number of hydrogen-bond acceptors (Lipinski definition) is 2. The number of nitrogens with two attached hydrogens (primary N) is 1. The van der Waals surface area contributed by atoms with Crippen LogP contribution in [0.4, 0.5) is 10.2 Å². The summed E-state index contributed by atoms with van der Waals surface area (Å²) in [5, 5.41) is 0. The summed E-state index contributed by atoms with van der Waals surface area (Å²) in [7, 11) is 0. The molecule has 0 spiro atoms. The van der Waals surface area contributed by atoms with Crippen LogP contribution in [-0.4, -0.2) is 4.98 Å². The lowest BCUT2D eigenvalue weighted by molar-refractivity contribution is 0.628. The average Bonchev–Trinajstić information content (AvgIpc) is 2.22. The van der Waals surface area contributed by atoms with Gasteiger partial charge < -0.3 is 5.73 Å². The van der Waals surface area contributed by atoms with E-state index in [0.29, 0.717) is 5.82 Å². The van der Waals surface area contributed by atoms with Crippen molar-refractivity contribution in [3.05, 3.63) is 46.8 Å². The summed E-state index contributed by atoms with van der Waals surface area (Å²) in [6.45, 7) is 0. The first-order chi connectivity index (χ1) is 7.16. The monoisotopic (exact) mass is 266 g/mol. The van der Waals surface area contributed by atoms with Gasteiger partial charge in [0.05, 0.1) is 0 Å². The van der Waals surface area contributed by atoms with Gasteiger partial charge in [0.15, 0.2) is 0 Å². The van der Waals surface area contributed by atoms with Gasteiger partial charge in [-0.25, -0.2) is 9.37 Å². The fraction of sp³-hybridized carbons (Fsp3) is 0. The molecule has 0 aliphatic heterocycles. The number of halogens is 2. The molecular weight excluding hydrogens is 259 g/mol. The minimum absolute atomic E-state index is 0.269. The number of hydrogen-bond donors (Lipinski definition) is 1. The van der Waals surface area contributed by atoms with Crippen LogP contribution in [0, 0.1) is 5.82 Å². The van der Waals surface area contributed by atoms with Crippen molar-refractivity contribution in [2.75, 3.05) is 5.73 Å². The van der Waals surface area contributed by atoms with Gasteiger partial charge in [0.2, 0.25) is 0 Å². The van der Waals surface area contributed by atoms with E-state index in [9.17, 15) is 4.39 Å². The molecule has 0 fully saturated rings. The lowest BCUT2D eigenvalue weighted by atomic mass is 10.1. The van der Waals surface area contributed by atoms with Gasteiger partial charge in [-0.2, -0.15) is 0 Å². The van der Waals surface area contributed by atoms with E-state index in [-0.39, 0.29) is 5.82 Å². The predicted octanol–water partition coefficient (Wildman–Crippen LogP) is 3.23. The van der Waals surface area contributed by atoms with Gasteiger partial charge in [0.25, 0.3) is 0 Å².